The van der Waals surface area contributed by atoms with E-state index >= 15 is 0 Å². The number of amides is 1. The van der Waals surface area contributed by atoms with Crippen LogP contribution in [0.1, 0.15) is 38.3 Å². The van der Waals surface area contributed by atoms with Crippen molar-refractivity contribution in [2.24, 2.45) is 0 Å². The summed E-state index contributed by atoms with van der Waals surface area (Å²) in [6.45, 7) is 3.64. The Morgan fingerprint density at radius 3 is 2.50 bits per heavy atom. The molecule has 0 aliphatic carbocycles. The Kier molecular flexibility index (Phi) is 4.99. The van der Waals surface area contributed by atoms with Crippen molar-refractivity contribution in [3.05, 3.63) is 35.9 Å². The monoisotopic (exact) mass is 221 g/mol. The van der Waals surface area contributed by atoms with Crippen molar-refractivity contribution in [1.29, 1.82) is 0 Å². The van der Waals surface area contributed by atoms with Crippen LogP contribution in [-0.4, -0.2) is 17.1 Å². The Balaban J connectivity index is 2.40. The number of hydrogen-bond donors (Lipinski definition) is 2. The van der Waals surface area contributed by atoms with Crippen molar-refractivity contribution in [2.45, 2.75) is 38.8 Å². The Hall–Kier alpha value is -1.35. The van der Waals surface area contributed by atoms with Crippen molar-refractivity contribution in [2.75, 3.05) is 0 Å². The minimum absolute atomic E-state index is 0.0164. The molecule has 1 rings (SSSR count). The summed E-state index contributed by atoms with van der Waals surface area (Å²) in [6.07, 6.45) is 0.458. The predicted molar refractivity (Wildman–Crippen MR) is 63.9 cm³/mol. The molecule has 0 saturated heterocycles. The van der Waals surface area contributed by atoms with E-state index < -0.39 is 6.10 Å². The fourth-order valence-electron chi connectivity index (χ4n) is 1.48. The minimum Gasteiger partial charge on any atom is -0.393 e. The summed E-state index contributed by atoms with van der Waals surface area (Å²) in [6, 6.07) is 9.84. The standard InChI is InChI=1S/C13H19NO2/c1-10(15)8-9-13(16)14-11(2)12-6-4-3-5-7-12/h3-7,10-11,15H,8-9H2,1-2H3,(H,14,16). The van der Waals surface area contributed by atoms with Gasteiger partial charge in [-0.3, -0.25) is 4.79 Å². The van der Waals surface area contributed by atoms with Crippen LogP contribution in [0.15, 0.2) is 30.3 Å². The van der Waals surface area contributed by atoms with E-state index in [0.717, 1.165) is 5.56 Å². The van der Waals surface area contributed by atoms with Crippen LogP contribution in [0.25, 0.3) is 0 Å². The third kappa shape index (κ3) is 4.45. The Morgan fingerprint density at radius 2 is 1.94 bits per heavy atom. The van der Waals surface area contributed by atoms with Crippen LogP contribution in [-0.2, 0) is 4.79 Å². The van der Waals surface area contributed by atoms with Gasteiger partial charge in [0.2, 0.25) is 5.91 Å². The third-order valence-electron chi connectivity index (χ3n) is 2.47. The quantitative estimate of drug-likeness (QED) is 0.799. The lowest BCUT2D eigenvalue weighted by Gasteiger charge is -2.14. The lowest BCUT2D eigenvalue weighted by atomic mass is 10.1. The zero-order chi connectivity index (χ0) is 12.0. The first kappa shape index (κ1) is 12.7. The highest BCUT2D eigenvalue weighted by molar-refractivity contribution is 5.76. The molecular formula is C13H19NO2. The molecule has 0 aliphatic heterocycles. The fourth-order valence-corrected chi connectivity index (χ4v) is 1.48. The molecule has 88 valence electrons. The SMILES string of the molecule is CC(O)CCC(=O)NC(C)c1ccccc1. The molecule has 2 N–H and O–H groups in total. The largest absolute Gasteiger partial charge is 0.393 e. The van der Waals surface area contributed by atoms with Crippen LogP contribution in [0.2, 0.25) is 0 Å². The number of nitrogens with one attached hydrogen (secondary N) is 1. The summed E-state index contributed by atoms with van der Waals surface area (Å²) in [7, 11) is 0. The average Bonchev–Trinajstić information content (AvgIpc) is 2.27. The Labute approximate surface area is 96.5 Å². The fraction of sp³-hybridized carbons (Fsp3) is 0.462. The number of hydrogen-bond acceptors (Lipinski definition) is 2. The molecule has 16 heavy (non-hydrogen) atoms. The first-order valence-corrected chi connectivity index (χ1v) is 5.62. The molecule has 1 aromatic rings. The normalized spacial score (nSPS) is 14.2. The second kappa shape index (κ2) is 6.28. The summed E-state index contributed by atoms with van der Waals surface area (Å²) >= 11 is 0. The maximum atomic E-state index is 11.5. The van der Waals surface area contributed by atoms with Gasteiger partial charge in [0.25, 0.3) is 0 Å². The Bertz CT molecular complexity index is 322. The van der Waals surface area contributed by atoms with E-state index in [2.05, 4.69) is 5.32 Å². The number of aliphatic hydroxyl groups is 1. The summed E-state index contributed by atoms with van der Waals surface area (Å²) in [4.78, 5) is 11.5. The summed E-state index contributed by atoms with van der Waals surface area (Å²) in [5.74, 6) is -0.0164. The molecule has 1 amide bonds. The highest BCUT2D eigenvalue weighted by Gasteiger charge is 2.09. The van der Waals surface area contributed by atoms with Gasteiger partial charge in [0.1, 0.15) is 0 Å². The molecule has 2 unspecified atom stereocenters. The smallest absolute Gasteiger partial charge is 0.220 e. The molecule has 0 saturated carbocycles. The van der Waals surface area contributed by atoms with E-state index in [1.165, 1.54) is 0 Å². The van der Waals surface area contributed by atoms with Crippen molar-refractivity contribution in [1.82, 2.24) is 5.32 Å². The topological polar surface area (TPSA) is 49.3 Å². The van der Waals surface area contributed by atoms with Crippen molar-refractivity contribution in [3.63, 3.8) is 0 Å². The van der Waals surface area contributed by atoms with E-state index in [9.17, 15) is 4.79 Å². The zero-order valence-corrected chi connectivity index (χ0v) is 9.81. The third-order valence-corrected chi connectivity index (χ3v) is 2.47. The number of rotatable bonds is 5. The molecule has 0 aliphatic rings. The van der Waals surface area contributed by atoms with Crippen LogP contribution in [0, 0.1) is 0 Å². The summed E-state index contributed by atoms with van der Waals surface area (Å²) < 4.78 is 0. The molecule has 0 heterocycles. The van der Waals surface area contributed by atoms with E-state index in [1.54, 1.807) is 6.92 Å². The number of carbonyl (C=O) groups excluding carboxylic acids is 1. The molecule has 0 aromatic heterocycles. The van der Waals surface area contributed by atoms with Gasteiger partial charge in [0, 0.05) is 6.42 Å². The van der Waals surface area contributed by atoms with Gasteiger partial charge in [-0.15, -0.1) is 0 Å². The lowest BCUT2D eigenvalue weighted by Crippen LogP contribution is -2.27. The molecule has 3 nitrogen and oxygen atoms in total. The maximum absolute atomic E-state index is 11.5. The zero-order valence-electron chi connectivity index (χ0n) is 9.81. The van der Waals surface area contributed by atoms with Gasteiger partial charge in [-0.25, -0.2) is 0 Å². The van der Waals surface area contributed by atoms with Gasteiger partial charge < -0.3 is 10.4 Å². The van der Waals surface area contributed by atoms with Crippen LogP contribution in [0.3, 0.4) is 0 Å². The van der Waals surface area contributed by atoms with Gasteiger partial charge in [0.05, 0.1) is 12.1 Å². The van der Waals surface area contributed by atoms with Crippen molar-refractivity contribution < 1.29 is 9.90 Å². The van der Waals surface area contributed by atoms with Crippen LogP contribution < -0.4 is 5.32 Å². The molecule has 0 radical (unpaired) electrons. The van der Waals surface area contributed by atoms with Crippen LogP contribution in [0.4, 0.5) is 0 Å². The van der Waals surface area contributed by atoms with Crippen molar-refractivity contribution in [3.8, 4) is 0 Å². The second-order valence-electron chi connectivity index (χ2n) is 4.09. The molecule has 0 spiro atoms. The Morgan fingerprint density at radius 1 is 1.31 bits per heavy atom. The molecule has 3 heteroatoms. The van der Waals surface area contributed by atoms with Gasteiger partial charge in [0.15, 0.2) is 0 Å². The summed E-state index contributed by atoms with van der Waals surface area (Å²) in [5, 5.41) is 12.0. The van der Waals surface area contributed by atoms with Gasteiger partial charge >= 0.3 is 0 Å². The lowest BCUT2D eigenvalue weighted by molar-refractivity contribution is -0.122. The van der Waals surface area contributed by atoms with E-state index in [4.69, 9.17) is 5.11 Å². The maximum Gasteiger partial charge on any atom is 0.220 e. The van der Waals surface area contributed by atoms with Gasteiger partial charge in [-0.2, -0.15) is 0 Å². The predicted octanol–water partition coefficient (Wildman–Crippen LogP) is 2.02. The van der Waals surface area contributed by atoms with E-state index in [1.807, 2.05) is 37.3 Å². The highest BCUT2D eigenvalue weighted by Crippen LogP contribution is 2.11. The van der Waals surface area contributed by atoms with Crippen LogP contribution in [0.5, 0.6) is 0 Å². The summed E-state index contributed by atoms with van der Waals surface area (Å²) in [5.41, 5.74) is 1.09. The molecule has 0 bridgehead atoms. The van der Waals surface area contributed by atoms with Crippen molar-refractivity contribution >= 4 is 5.91 Å². The van der Waals surface area contributed by atoms with Crippen LogP contribution >= 0.6 is 0 Å². The molecular weight excluding hydrogens is 202 g/mol. The number of carbonyl (C=O) groups is 1. The van der Waals surface area contributed by atoms with E-state index in [0.29, 0.717) is 12.8 Å². The average molecular weight is 221 g/mol. The minimum atomic E-state index is -0.419. The number of aliphatic hydroxyl groups excluding tert-OH is 1. The van der Waals surface area contributed by atoms with Gasteiger partial charge in [-0.05, 0) is 25.8 Å². The molecule has 2 atom stereocenters. The number of benzene rings is 1. The first-order chi connectivity index (χ1) is 7.59. The first-order valence-electron chi connectivity index (χ1n) is 5.62. The second-order valence-corrected chi connectivity index (χ2v) is 4.09. The molecule has 0 fully saturated rings. The molecule has 1 aromatic carbocycles. The highest BCUT2D eigenvalue weighted by atomic mass is 16.3. The van der Waals surface area contributed by atoms with E-state index in [-0.39, 0.29) is 11.9 Å². The van der Waals surface area contributed by atoms with Gasteiger partial charge in [-0.1, -0.05) is 30.3 Å².